The van der Waals surface area contributed by atoms with Crippen molar-refractivity contribution in [1.29, 1.82) is 0 Å². The van der Waals surface area contributed by atoms with E-state index in [0.717, 1.165) is 31.7 Å². The molecule has 2 heterocycles. The van der Waals surface area contributed by atoms with Crippen molar-refractivity contribution in [3.05, 3.63) is 29.6 Å². The molecule has 122 valence electrons. The van der Waals surface area contributed by atoms with Gasteiger partial charge in [0.15, 0.2) is 0 Å². The smallest absolute Gasteiger partial charge is 0.334 e. The van der Waals surface area contributed by atoms with E-state index in [2.05, 4.69) is 11.9 Å². The molecule has 0 aliphatic carbocycles. The molecule has 0 bridgehead atoms. The molecule has 1 amide bonds. The van der Waals surface area contributed by atoms with Crippen LogP contribution in [-0.4, -0.2) is 28.4 Å². The lowest BCUT2D eigenvalue weighted by molar-refractivity contribution is -0.138. The Morgan fingerprint density at radius 1 is 1.45 bits per heavy atom. The van der Waals surface area contributed by atoms with E-state index in [1.165, 1.54) is 12.3 Å². The highest BCUT2D eigenvalue weighted by Crippen LogP contribution is 2.33. The maximum atomic E-state index is 13.1. The second-order valence-corrected chi connectivity index (χ2v) is 5.87. The average molecular weight is 314 g/mol. The van der Waals surface area contributed by atoms with Crippen LogP contribution in [0.4, 0.5) is 13.2 Å². The lowest BCUT2D eigenvalue weighted by atomic mass is 9.87. The molecule has 0 radical (unpaired) electrons. The summed E-state index contributed by atoms with van der Waals surface area (Å²) in [6, 6.07) is 2.12. The van der Waals surface area contributed by atoms with E-state index >= 15 is 0 Å². The summed E-state index contributed by atoms with van der Waals surface area (Å²) in [5, 5.41) is 0. The fraction of sp³-hybridized carbons (Fsp3) is 0.625. The molecule has 0 saturated carbocycles. The molecular formula is C16H21F3N2O. The van der Waals surface area contributed by atoms with Gasteiger partial charge in [0, 0.05) is 18.8 Å². The second-order valence-electron chi connectivity index (χ2n) is 5.87. The summed E-state index contributed by atoms with van der Waals surface area (Å²) in [6.45, 7) is 4.58. The van der Waals surface area contributed by atoms with Crippen molar-refractivity contribution in [3.63, 3.8) is 0 Å². The molecule has 1 aliphatic heterocycles. The highest BCUT2D eigenvalue weighted by atomic mass is 19.4. The normalized spacial score (nSPS) is 22.7. The summed E-state index contributed by atoms with van der Waals surface area (Å²) in [5.41, 5.74) is -1.43. The molecule has 1 aromatic rings. The number of rotatable bonds is 3. The minimum atomic E-state index is -4.57. The lowest BCUT2D eigenvalue weighted by Crippen LogP contribution is -2.48. The van der Waals surface area contributed by atoms with Crippen LogP contribution in [0.15, 0.2) is 18.3 Å². The van der Waals surface area contributed by atoms with Gasteiger partial charge in [0.2, 0.25) is 0 Å². The monoisotopic (exact) mass is 314 g/mol. The van der Waals surface area contributed by atoms with Gasteiger partial charge in [0.05, 0.1) is 5.56 Å². The van der Waals surface area contributed by atoms with Gasteiger partial charge >= 0.3 is 6.18 Å². The van der Waals surface area contributed by atoms with Gasteiger partial charge in [0.25, 0.3) is 5.91 Å². The topological polar surface area (TPSA) is 33.2 Å². The van der Waals surface area contributed by atoms with Crippen molar-refractivity contribution in [1.82, 2.24) is 9.88 Å². The molecule has 2 rings (SSSR count). The molecule has 0 N–H and O–H groups in total. The van der Waals surface area contributed by atoms with Crippen molar-refractivity contribution in [2.24, 2.45) is 5.92 Å². The Bertz CT molecular complexity index is 530. The number of carbonyl (C=O) groups excluding carboxylic acids is 1. The van der Waals surface area contributed by atoms with Crippen LogP contribution >= 0.6 is 0 Å². The molecule has 0 spiro atoms. The Balaban J connectivity index is 2.34. The van der Waals surface area contributed by atoms with Gasteiger partial charge in [-0.15, -0.1) is 0 Å². The van der Waals surface area contributed by atoms with Crippen molar-refractivity contribution in [2.75, 3.05) is 6.54 Å². The maximum Gasteiger partial charge on any atom is 0.418 e. The van der Waals surface area contributed by atoms with E-state index < -0.39 is 23.3 Å². The SMILES string of the molecule is CCCC1C(C)CCCN1C(=O)c1ncccc1C(F)(F)F. The first-order valence-electron chi connectivity index (χ1n) is 7.69. The van der Waals surface area contributed by atoms with E-state index in [4.69, 9.17) is 0 Å². The molecular weight excluding hydrogens is 293 g/mol. The summed E-state index contributed by atoms with van der Waals surface area (Å²) in [4.78, 5) is 18.0. The number of aromatic nitrogens is 1. The number of halogens is 3. The van der Waals surface area contributed by atoms with Gasteiger partial charge in [-0.05, 0) is 37.3 Å². The zero-order chi connectivity index (χ0) is 16.3. The minimum Gasteiger partial charge on any atom is -0.334 e. The first kappa shape index (κ1) is 16.8. The number of hydrogen-bond acceptors (Lipinski definition) is 2. The van der Waals surface area contributed by atoms with Crippen LogP contribution in [0.2, 0.25) is 0 Å². The zero-order valence-electron chi connectivity index (χ0n) is 12.9. The summed E-state index contributed by atoms with van der Waals surface area (Å²) >= 11 is 0. The molecule has 2 unspecified atom stereocenters. The van der Waals surface area contributed by atoms with E-state index in [1.54, 1.807) is 4.90 Å². The number of carbonyl (C=O) groups is 1. The average Bonchev–Trinajstić information content (AvgIpc) is 2.48. The number of piperidine rings is 1. The van der Waals surface area contributed by atoms with Gasteiger partial charge in [-0.25, -0.2) is 0 Å². The number of nitrogens with zero attached hydrogens (tertiary/aromatic N) is 2. The third-order valence-corrected chi connectivity index (χ3v) is 4.28. The van der Waals surface area contributed by atoms with Crippen LogP contribution in [0.3, 0.4) is 0 Å². The van der Waals surface area contributed by atoms with Crippen LogP contribution in [0.1, 0.15) is 55.6 Å². The van der Waals surface area contributed by atoms with E-state index in [1.807, 2.05) is 6.92 Å². The Morgan fingerprint density at radius 2 is 2.18 bits per heavy atom. The molecule has 6 heteroatoms. The third-order valence-electron chi connectivity index (χ3n) is 4.28. The summed E-state index contributed by atoms with van der Waals surface area (Å²) in [5.74, 6) is -0.298. The van der Waals surface area contributed by atoms with E-state index in [0.29, 0.717) is 12.5 Å². The predicted octanol–water partition coefficient (Wildman–Crippen LogP) is 4.14. The zero-order valence-corrected chi connectivity index (χ0v) is 12.9. The Morgan fingerprint density at radius 3 is 2.82 bits per heavy atom. The van der Waals surface area contributed by atoms with Crippen LogP contribution in [-0.2, 0) is 6.18 Å². The lowest BCUT2D eigenvalue weighted by Gasteiger charge is -2.40. The first-order valence-corrected chi connectivity index (χ1v) is 7.69. The largest absolute Gasteiger partial charge is 0.418 e. The van der Waals surface area contributed by atoms with Crippen molar-refractivity contribution < 1.29 is 18.0 Å². The van der Waals surface area contributed by atoms with E-state index in [9.17, 15) is 18.0 Å². The van der Waals surface area contributed by atoms with Gasteiger partial charge in [0.1, 0.15) is 5.69 Å². The van der Waals surface area contributed by atoms with Crippen molar-refractivity contribution in [2.45, 2.75) is 51.7 Å². The van der Waals surface area contributed by atoms with Crippen molar-refractivity contribution >= 4 is 5.91 Å². The quantitative estimate of drug-likeness (QED) is 0.840. The van der Waals surface area contributed by atoms with Gasteiger partial charge < -0.3 is 4.90 Å². The predicted molar refractivity (Wildman–Crippen MR) is 77.4 cm³/mol. The fourth-order valence-corrected chi connectivity index (χ4v) is 3.18. The van der Waals surface area contributed by atoms with Crippen LogP contribution in [0, 0.1) is 5.92 Å². The van der Waals surface area contributed by atoms with Gasteiger partial charge in [-0.2, -0.15) is 13.2 Å². The molecule has 3 nitrogen and oxygen atoms in total. The number of amides is 1. The molecule has 1 fully saturated rings. The summed E-state index contributed by atoms with van der Waals surface area (Å²) < 4.78 is 39.3. The molecule has 22 heavy (non-hydrogen) atoms. The Hall–Kier alpha value is -1.59. The number of pyridine rings is 1. The maximum absolute atomic E-state index is 13.1. The van der Waals surface area contributed by atoms with Gasteiger partial charge in [-0.3, -0.25) is 9.78 Å². The minimum absolute atomic E-state index is 0.00524. The van der Waals surface area contributed by atoms with Gasteiger partial charge in [-0.1, -0.05) is 20.3 Å². The third kappa shape index (κ3) is 3.42. The van der Waals surface area contributed by atoms with E-state index in [-0.39, 0.29) is 6.04 Å². The second kappa shape index (κ2) is 6.67. The Kier molecular flexibility index (Phi) is 5.08. The summed E-state index contributed by atoms with van der Waals surface area (Å²) in [7, 11) is 0. The molecule has 2 atom stereocenters. The fourth-order valence-electron chi connectivity index (χ4n) is 3.18. The molecule has 1 aromatic heterocycles. The van der Waals surface area contributed by atoms with Crippen LogP contribution in [0.5, 0.6) is 0 Å². The number of hydrogen-bond donors (Lipinski definition) is 0. The first-order chi connectivity index (χ1) is 10.4. The summed E-state index contributed by atoms with van der Waals surface area (Å²) in [6.07, 6.45) is 0.198. The number of likely N-dealkylation sites (tertiary alicyclic amines) is 1. The van der Waals surface area contributed by atoms with Crippen LogP contribution < -0.4 is 0 Å². The molecule has 1 aliphatic rings. The number of alkyl halides is 3. The Labute approximate surface area is 128 Å². The highest BCUT2D eigenvalue weighted by molar-refractivity contribution is 5.94. The standard InChI is InChI=1S/C16H21F3N2O/c1-3-6-13-11(2)7-5-10-21(13)15(22)14-12(16(17,18)19)8-4-9-20-14/h4,8-9,11,13H,3,5-7,10H2,1-2H3. The van der Waals surface area contributed by atoms with Crippen molar-refractivity contribution in [3.8, 4) is 0 Å². The molecule has 0 aromatic carbocycles. The molecule has 1 saturated heterocycles. The highest BCUT2D eigenvalue weighted by Gasteiger charge is 2.39. The van der Waals surface area contributed by atoms with Crippen LogP contribution in [0.25, 0.3) is 0 Å².